The molecule has 148 valence electrons. The summed E-state index contributed by atoms with van der Waals surface area (Å²) in [4.78, 5) is 21.4. The van der Waals surface area contributed by atoms with Crippen LogP contribution in [0.25, 0.3) is 0 Å². The van der Waals surface area contributed by atoms with Crippen LogP contribution in [0.3, 0.4) is 0 Å². The van der Waals surface area contributed by atoms with E-state index in [1.165, 1.54) is 0 Å². The highest BCUT2D eigenvalue weighted by Crippen LogP contribution is 2.24. The summed E-state index contributed by atoms with van der Waals surface area (Å²) in [6.45, 7) is 16.5. The van der Waals surface area contributed by atoms with Gasteiger partial charge in [-0.05, 0) is 48.5 Å². The number of aryl methyl sites for hydroxylation is 2. The number of piperazine rings is 1. The molecular formula is C18H32IN5O2. The van der Waals surface area contributed by atoms with E-state index in [0.717, 1.165) is 36.1 Å². The Kier molecular flexibility index (Phi) is 7.91. The average Bonchev–Trinajstić information content (AvgIpc) is 2.80. The summed E-state index contributed by atoms with van der Waals surface area (Å²) in [6.07, 6.45) is 0. The topological polar surface area (TPSA) is 74.0 Å². The normalized spacial score (nSPS) is 17.5. The number of aliphatic imine (C=N–C) groups is 1. The first-order chi connectivity index (χ1) is 11.7. The number of hydrogen-bond acceptors (Lipinski definition) is 4. The molecule has 8 heteroatoms. The summed E-state index contributed by atoms with van der Waals surface area (Å²) in [5.74, 6) is 1.68. The van der Waals surface area contributed by atoms with E-state index < -0.39 is 0 Å². The van der Waals surface area contributed by atoms with Crippen molar-refractivity contribution < 1.29 is 9.32 Å². The minimum Gasteiger partial charge on any atom is -0.361 e. The molecule has 2 rings (SSSR count). The molecule has 0 spiro atoms. The SMILES string of the molecule is CCNC(=NCc1c(C)noc1C)N1CC(=O)N(C(C)C)C(C)(C)C1.I. The number of carbonyl (C=O) groups is 1. The lowest BCUT2D eigenvalue weighted by Gasteiger charge is -2.49. The number of carbonyl (C=O) groups excluding carboxylic acids is 1. The number of nitrogens with one attached hydrogen (secondary N) is 1. The van der Waals surface area contributed by atoms with Crippen molar-refractivity contribution in [1.29, 1.82) is 0 Å². The second kappa shape index (κ2) is 9.05. The molecule has 1 aromatic heterocycles. The highest BCUT2D eigenvalue weighted by atomic mass is 127. The van der Waals surface area contributed by atoms with Gasteiger partial charge in [0.1, 0.15) is 5.76 Å². The Morgan fingerprint density at radius 3 is 2.50 bits per heavy atom. The minimum absolute atomic E-state index is 0. The third-order valence-electron chi connectivity index (χ3n) is 4.54. The van der Waals surface area contributed by atoms with Crippen molar-refractivity contribution in [3.8, 4) is 0 Å². The predicted octanol–water partition coefficient (Wildman–Crippen LogP) is 2.71. The monoisotopic (exact) mass is 477 g/mol. The zero-order valence-corrected chi connectivity index (χ0v) is 19.2. The molecular weight excluding hydrogens is 445 g/mol. The zero-order valence-electron chi connectivity index (χ0n) is 16.9. The van der Waals surface area contributed by atoms with E-state index in [2.05, 4.69) is 38.2 Å². The standard InChI is InChI=1S/C18H31N5O2.HI/c1-8-19-17(20-9-15-13(4)21-25-14(15)5)22-10-16(24)23(12(2)3)18(6,7)11-22;/h12H,8-11H2,1-7H3,(H,19,20);1H. The van der Waals surface area contributed by atoms with Gasteiger partial charge in [-0.2, -0.15) is 0 Å². The Labute approximate surface area is 173 Å². The molecule has 0 unspecified atom stereocenters. The summed E-state index contributed by atoms with van der Waals surface area (Å²) in [6, 6.07) is 0.187. The maximum absolute atomic E-state index is 12.7. The molecule has 1 amide bonds. The third-order valence-corrected chi connectivity index (χ3v) is 4.54. The Balaban J connectivity index is 0.00000338. The maximum atomic E-state index is 12.7. The number of aromatic nitrogens is 1. The molecule has 0 atom stereocenters. The minimum atomic E-state index is -0.247. The van der Waals surface area contributed by atoms with Crippen LogP contribution in [-0.2, 0) is 11.3 Å². The Bertz CT molecular complexity index is 635. The quantitative estimate of drug-likeness (QED) is 0.410. The van der Waals surface area contributed by atoms with E-state index in [1.807, 2.05) is 30.6 Å². The van der Waals surface area contributed by atoms with Crippen LogP contribution in [0.4, 0.5) is 0 Å². The van der Waals surface area contributed by atoms with Gasteiger partial charge in [0.25, 0.3) is 0 Å². The van der Waals surface area contributed by atoms with Gasteiger partial charge in [-0.3, -0.25) is 4.79 Å². The molecule has 0 radical (unpaired) electrons. The number of rotatable bonds is 4. The van der Waals surface area contributed by atoms with Crippen LogP contribution in [0.5, 0.6) is 0 Å². The van der Waals surface area contributed by atoms with Gasteiger partial charge >= 0.3 is 0 Å². The molecule has 0 aromatic carbocycles. The van der Waals surface area contributed by atoms with Crippen molar-refractivity contribution in [2.45, 2.75) is 66.6 Å². The fourth-order valence-electron chi connectivity index (χ4n) is 3.62. The average molecular weight is 477 g/mol. The number of guanidine groups is 1. The van der Waals surface area contributed by atoms with Crippen molar-refractivity contribution in [2.24, 2.45) is 4.99 Å². The van der Waals surface area contributed by atoms with Gasteiger partial charge < -0.3 is 19.6 Å². The van der Waals surface area contributed by atoms with Crippen molar-refractivity contribution in [3.63, 3.8) is 0 Å². The van der Waals surface area contributed by atoms with Gasteiger partial charge in [0, 0.05) is 24.7 Å². The lowest BCUT2D eigenvalue weighted by Crippen LogP contribution is -2.66. The molecule has 1 fully saturated rings. The molecule has 1 N–H and O–H groups in total. The number of nitrogens with zero attached hydrogens (tertiary/aromatic N) is 4. The molecule has 1 saturated heterocycles. The van der Waals surface area contributed by atoms with Crippen LogP contribution < -0.4 is 5.32 Å². The van der Waals surface area contributed by atoms with Gasteiger partial charge in [0.05, 0.1) is 24.3 Å². The first-order valence-corrected chi connectivity index (χ1v) is 8.94. The summed E-state index contributed by atoms with van der Waals surface area (Å²) in [5, 5.41) is 7.29. The zero-order chi connectivity index (χ0) is 18.8. The summed E-state index contributed by atoms with van der Waals surface area (Å²) < 4.78 is 5.21. The second-order valence-corrected chi connectivity index (χ2v) is 7.50. The smallest absolute Gasteiger partial charge is 0.242 e. The van der Waals surface area contributed by atoms with E-state index in [4.69, 9.17) is 9.52 Å². The van der Waals surface area contributed by atoms with Crippen molar-refractivity contribution >= 4 is 35.8 Å². The van der Waals surface area contributed by atoms with Crippen LogP contribution in [0, 0.1) is 13.8 Å². The van der Waals surface area contributed by atoms with Crippen LogP contribution in [0.1, 0.15) is 51.6 Å². The second-order valence-electron chi connectivity index (χ2n) is 7.50. The maximum Gasteiger partial charge on any atom is 0.242 e. The summed E-state index contributed by atoms with van der Waals surface area (Å²) >= 11 is 0. The molecule has 7 nitrogen and oxygen atoms in total. The van der Waals surface area contributed by atoms with Crippen LogP contribution >= 0.6 is 24.0 Å². The molecule has 2 heterocycles. The molecule has 1 aliphatic heterocycles. The van der Waals surface area contributed by atoms with Gasteiger partial charge in [-0.25, -0.2) is 4.99 Å². The molecule has 1 aromatic rings. The highest BCUT2D eigenvalue weighted by molar-refractivity contribution is 14.0. The lowest BCUT2D eigenvalue weighted by atomic mass is 9.96. The molecule has 26 heavy (non-hydrogen) atoms. The van der Waals surface area contributed by atoms with E-state index in [0.29, 0.717) is 13.1 Å². The Hall–Kier alpha value is -1.32. The first-order valence-electron chi connectivity index (χ1n) is 8.94. The fraction of sp³-hybridized carbons (Fsp3) is 0.722. The summed E-state index contributed by atoms with van der Waals surface area (Å²) in [5.41, 5.74) is 1.61. The van der Waals surface area contributed by atoms with Crippen molar-refractivity contribution in [3.05, 3.63) is 17.0 Å². The fourth-order valence-corrected chi connectivity index (χ4v) is 3.62. The Morgan fingerprint density at radius 1 is 1.38 bits per heavy atom. The third kappa shape index (κ3) is 4.89. The van der Waals surface area contributed by atoms with Gasteiger partial charge in [-0.15, -0.1) is 24.0 Å². The lowest BCUT2D eigenvalue weighted by molar-refractivity contribution is -0.145. The Morgan fingerprint density at radius 2 is 2.04 bits per heavy atom. The number of halogens is 1. The van der Waals surface area contributed by atoms with E-state index in [9.17, 15) is 4.79 Å². The van der Waals surface area contributed by atoms with Crippen LogP contribution in [0.2, 0.25) is 0 Å². The van der Waals surface area contributed by atoms with Gasteiger partial charge in [0.15, 0.2) is 5.96 Å². The number of amides is 1. The first kappa shape index (κ1) is 22.7. The van der Waals surface area contributed by atoms with Crippen LogP contribution in [0.15, 0.2) is 9.52 Å². The van der Waals surface area contributed by atoms with Gasteiger partial charge in [-0.1, -0.05) is 5.16 Å². The van der Waals surface area contributed by atoms with E-state index in [-0.39, 0.29) is 41.5 Å². The van der Waals surface area contributed by atoms with E-state index in [1.54, 1.807) is 0 Å². The molecule has 1 aliphatic rings. The van der Waals surface area contributed by atoms with Crippen molar-refractivity contribution in [1.82, 2.24) is 20.3 Å². The molecule has 0 saturated carbocycles. The summed E-state index contributed by atoms with van der Waals surface area (Å²) in [7, 11) is 0. The van der Waals surface area contributed by atoms with Gasteiger partial charge in [0.2, 0.25) is 5.91 Å². The van der Waals surface area contributed by atoms with E-state index >= 15 is 0 Å². The molecule has 0 aliphatic carbocycles. The highest BCUT2D eigenvalue weighted by Gasteiger charge is 2.40. The largest absolute Gasteiger partial charge is 0.361 e. The predicted molar refractivity (Wildman–Crippen MR) is 114 cm³/mol. The van der Waals surface area contributed by atoms with Crippen LogP contribution in [-0.4, -0.2) is 58.0 Å². The number of hydrogen-bond donors (Lipinski definition) is 1. The molecule has 0 bridgehead atoms. The van der Waals surface area contributed by atoms with Crippen molar-refractivity contribution in [2.75, 3.05) is 19.6 Å².